The summed E-state index contributed by atoms with van der Waals surface area (Å²) < 4.78 is 2.39. The smallest absolute Gasteiger partial charge is 0.305 e. The third kappa shape index (κ3) is 5.06. The van der Waals surface area contributed by atoms with Gasteiger partial charge in [0.25, 0.3) is 0 Å². The second kappa shape index (κ2) is 8.24. The van der Waals surface area contributed by atoms with E-state index in [9.17, 15) is 0 Å². The van der Waals surface area contributed by atoms with Crippen molar-refractivity contribution in [3.8, 4) is 0 Å². The number of rotatable bonds is 7. The Labute approximate surface area is 125 Å². The van der Waals surface area contributed by atoms with E-state index in [2.05, 4.69) is 66.8 Å². The minimum absolute atomic E-state index is 0.359. The quantitative estimate of drug-likeness (QED) is 0.428. The molecule has 0 amide bonds. The van der Waals surface area contributed by atoms with Gasteiger partial charge in [0, 0.05) is 17.3 Å². The van der Waals surface area contributed by atoms with E-state index in [1.165, 1.54) is 5.17 Å². The van der Waals surface area contributed by atoms with Crippen LogP contribution in [0.4, 0.5) is 0 Å². The summed E-state index contributed by atoms with van der Waals surface area (Å²) in [6.07, 6.45) is 0. The molecule has 0 radical (unpaired) electrons. The van der Waals surface area contributed by atoms with E-state index in [0.717, 1.165) is 26.2 Å². The van der Waals surface area contributed by atoms with E-state index in [1.54, 1.807) is 0 Å². The number of hydrazone groups is 1. The van der Waals surface area contributed by atoms with Gasteiger partial charge in [-0.25, -0.2) is 10.3 Å². The molecule has 0 aromatic carbocycles. The largest absolute Gasteiger partial charge is 0.342 e. The Morgan fingerprint density at radius 2 is 1.79 bits per heavy atom. The number of hydrogen-bond donors (Lipinski definition) is 1. The van der Waals surface area contributed by atoms with E-state index in [-0.39, 0.29) is 0 Å². The Balaban J connectivity index is 2.82. The molecule has 1 aliphatic rings. The molecule has 1 saturated heterocycles. The lowest BCUT2D eigenvalue weighted by Crippen LogP contribution is -2.46. The molecule has 1 atom stereocenters. The summed E-state index contributed by atoms with van der Waals surface area (Å²) in [5.41, 5.74) is 0.359. The SMILES string of the molecule is CCN(CC)[N+](CCN(C)C)=C1NC(N(C)C)SS1. The Bertz CT molecular complexity index is 302. The monoisotopic (exact) mass is 306 g/mol. The van der Waals surface area contributed by atoms with Crippen molar-refractivity contribution in [3.63, 3.8) is 0 Å². The summed E-state index contributed by atoms with van der Waals surface area (Å²) in [7, 11) is 12.2. The minimum atomic E-state index is 0.359. The predicted octanol–water partition coefficient (Wildman–Crippen LogP) is 1.00. The number of likely N-dealkylation sites (N-methyl/N-ethyl adjacent to an activating group) is 1. The van der Waals surface area contributed by atoms with Crippen LogP contribution in [-0.4, -0.2) is 84.5 Å². The molecule has 0 spiro atoms. The Kier molecular flexibility index (Phi) is 7.35. The number of hydrazine groups is 1. The lowest BCUT2D eigenvalue weighted by atomic mass is 10.5. The van der Waals surface area contributed by atoms with Gasteiger partial charge in [0.1, 0.15) is 6.54 Å². The highest BCUT2D eigenvalue weighted by Crippen LogP contribution is 2.33. The zero-order chi connectivity index (χ0) is 14.4. The molecule has 1 fully saturated rings. The molecule has 0 aromatic heterocycles. The van der Waals surface area contributed by atoms with Gasteiger partial charge in [-0.3, -0.25) is 4.90 Å². The van der Waals surface area contributed by atoms with Crippen LogP contribution < -0.4 is 5.32 Å². The van der Waals surface area contributed by atoms with Crippen LogP contribution in [-0.2, 0) is 0 Å². The maximum atomic E-state index is 3.60. The number of amidine groups is 1. The highest BCUT2D eigenvalue weighted by molar-refractivity contribution is 8.83. The van der Waals surface area contributed by atoms with Crippen molar-refractivity contribution in [1.82, 2.24) is 20.1 Å². The third-order valence-electron chi connectivity index (χ3n) is 3.00. The molecular formula is C12H28N5S2+. The highest BCUT2D eigenvalue weighted by Gasteiger charge is 2.33. The Morgan fingerprint density at radius 3 is 2.21 bits per heavy atom. The highest BCUT2D eigenvalue weighted by atomic mass is 33.1. The van der Waals surface area contributed by atoms with Gasteiger partial charge in [-0.05, 0) is 52.8 Å². The summed E-state index contributed by atoms with van der Waals surface area (Å²) in [6, 6.07) is 0. The van der Waals surface area contributed by atoms with Crippen LogP contribution in [0.15, 0.2) is 0 Å². The van der Waals surface area contributed by atoms with Crippen molar-refractivity contribution < 1.29 is 4.68 Å². The molecule has 0 bridgehead atoms. The average molecular weight is 307 g/mol. The van der Waals surface area contributed by atoms with Crippen molar-refractivity contribution in [2.45, 2.75) is 19.3 Å². The lowest BCUT2D eigenvalue weighted by molar-refractivity contribution is -0.688. The molecule has 1 rings (SSSR count). The van der Waals surface area contributed by atoms with Crippen LogP contribution in [0.2, 0.25) is 0 Å². The molecule has 0 saturated carbocycles. The van der Waals surface area contributed by atoms with Crippen LogP contribution in [0.3, 0.4) is 0 Å². The van der Waals surface area contributed by atoms with Gasteiger partial charge in [0.15, 0.2) is 0 Å². The number of hydrogen-bond acceptors (Lipinski definition) is 5. The molecule has 5 nitrogen and oxygen atoms in total. The van der Waals surface area contributed by atoms with Crippen molar-refractivity contribution in [3.05, 3.63) is 0 Å². The maximum Gasteiger partial charge on any atom is 0.342 e. The molecule has 1 heterocycles. The summed E-state index contributed by atoms with van der Waals surface area (Å²) in [5.74, 6) is 0. The topological polar surface area (TPSA) is 24.8 Å². The summed E-state index contributed by atoms with van der Waals surface area (Å²) in [5, 5.41) is 7.24. The van der Waals surface area contributed by atoms with E-state index >= 15 is 0 Å². The van der Waals surface area contributed by atoms with Crippen molar-refractivity contribution in [2.24, 2.45) is 0 Å². The molecule has 112 valence electrons. The van der Waals surface area contributed by atoms with Gasteiger partial charge in [0.05, 0.1) is 13.1 Å². The van der Waals surface area contributed by atoms with Gasteiger partial charge in [0.2, 0.25) is 5.50 Å². The Morgan fingerprint density at radius 1 is 1.16 bits per heavy atom. The standard InChI is InChI=1S/C12H27N5S2/c1-7-16(8-2)17(10-9-14(3)4)12-13-11(15(5)6)18-19-12/h11H,7-10H2,1-6H3/p+1. The first-order valence-electron chi connectivity index (χ1n) is 6.79. The van der Waals surface area contributed by atoms with Gasteiger partial charge in [-0.2, -0.15) is 4.68 Å². The minimum Gasteiger partial charge on any atom is -0.305 e. The predicted molar refractivity (Wildman–Crippen MR) is 87.4 cm³/mol. The molecule has 19 heavy (non-hydrogen) atoms. The van der Waals surface area contributed by atoms with Gasteiger partial charge in [-0.15, -0.1) is 0 Å². The molecule has 0 aromatic rings. The van der Waals surface area contributed by atoms with Crippen LogP contribution in [0.5, 0.6) is 0 Å². The zero-order valence-corrected chi connectivity index (χ0v) is 14.6. The summed E-state index contributed by atoms with van der Waals surface area (Å²) >= 11 is 0. The number of nitrogens with zero attached hydrogens (tertiary/aromatic N) is 4. The number of nitrogens with one attached hydrogen (secondary N) is 1. The van der Waals surface area contributed by atoms with Crippen LogP contribution in [0.1, 0.15) is 13.8 Å². The van der Waals surface area contributed by atoms with E-state index < -0.39 is 0 Å². The fraction of sp³-hybridized carbons (Fsp3) is 0.917. The molecular weight excluding hydrogens is 278 g/mol. The van der Waals surface area contributed by atoms with E-state index in [4.69, 9.17) is 0 Å². The molecule has 1 unspecified atom stereocenters. The summed E-state index contributed by atoms with van der Waals surface area (Å²) in [4.78, 5) is 4.43. The molecule has 1 aliphatic heterocycles. The van der Waals surface area contributed by atoms with Crippen LogP contribution in [0, 0.1) is 0 Å². The molecule has 7 heteroatoms. The fourth-order valence-electron chi connectivity index (χ4n) is 1.81. The van der Waals surface area contributed by atoms with Crippen LogP contribution >= 0.6 is 21.6 Å². The first-order valence-corrected chi connectivity index (χ1v) is 9.01. The second-order valence-electron chi connectivity index (χ2n) is 5.01. The normalized spacial score (nSPS) is 22.0. The van der Waals surface area contributed by atoms with Gasteiger partial charge < -0.3 is 4.90 Å². The molecule has 1 N–H and O–H groups in total. The first-order chi connectivity index (χ1) is 8.99. The van der Waals surface area contributed by atoms with Crippen molar-refractivity contribution >= 4 is 26.8 Å². The molecule has 0 aliphatic carbocycles. The van der Waals surface area contributed by atoms with Crippen molar-refractivity contribution in [1.29, 1.82) is 0 Å². The third-order valence-corrected chi connectivity index (χ3v) is 5.61. The van der Waals surface area contributed by atoms with E-state index in [0.29, 0.717) is 5.50 Å². The van der Waals surface area contributed by atoms with E-state index in [1.807, 2.05) is 21.6 Å². The Hall–Kier alpha value is -0.110. The fourth-order valence-corrected chi connectivity index (χ4v) is 4.46. The van der Waals surface area contributed by atoms with Gasteiger partial charge >= 0.3 is 5.17 Å². The summed E-state index contributed by atoms with van der Waals surface area (Å²) in [6.45, 7) is 8.57. The van der Waals surface area contributed by atoms with Crippen molar-refractivity contribution in [2.75, 3.05) is 54.4 Å². The average Bonchev–Trinajstić information content (AvgIpc) is 2.83. The second-order valence-corrected chi connectivity index (χ2v) is 7.28. The lowest BCUT2D eigenvalue weighted by Gasteiger charge is -2.24. The zero-order valence-electron chi connectivity index (χ0n) is 13.0. The maximum absolute atomic E-state index is 3.60. The first kappa shape index (κ1) is 16.9. The van der Waals surface area contributed by atoms with Crippen LogP contribution in [0.25, 0.3) is 0 Å². The van der Waals surface area contributed by atoms with Gasteiger partial charge in [-0.1, -0.05) is 0 Å².